The minimum absolute atomic E-state index is 0.892. The van der Waals surface area contributed by atoms with Gasteiger partial charge < -0.3 is 26.6 Å². The van der Waals surface area contributed by atoms with E-state index in [4.69, 9.17) is 26.6 Å². The van der Waals surface area contributed by atoms with Gasteiger partial charge in [0.1, 0.15) is 0 Å². The Balaban J connectivity index is 2.27. The van der Waals surface area contributed by atoms with Gasteiger partial charge in [-0.2, -0.15) is 0 Å². The highest BCUT2D eigenvalue weighted by Crippen LogP contribution is 2.21. The third-order valence-corrected chi connectivity index (χ3v) is 10.1. The molecular weight excluding hydrogens is 392 g/mol. The van der Waals surface area contributed by atoms with Gasteiger partial charge in [-0.25, -0.2) is 0 Å². The Kier molecular flexibility index (Phi) is 7.87. The zero-order valence-electron chi connectivity index (χ0n) is 17.3. The molecule has 0 spiro atoms. The zero-order chi connectivity index (χ0) is 20.8. The van der Waals surface area contributed by atoms with Gasteiger partial charge in [0.25, 0.3) is 0 Å². The second-order valence-corrected chi connectivity index (χ2v) is 11.8. The third kappa shape index (κ3) is 4.19. The summed E-state index contributed by atoms with van der Waals surface area (Å²) >= 11 is 0. The van der Waals surface area contributed by atoms with Gasteiger partial charge in [-0.05, 0) is 16.7 Å². The minimum atomic E-state index is -2.84. The van der Waals surface area contributed by atoms with Crippen molar-refractivity contribution in [2.24, 2.45) is 0 Å². The fourth-order valence-electron chi connectivity index (χ4n) is 3.12. The smallest absolute Gasteiger partial charge is 0.373 e. The fourth-order valence-corrected chi connectivity index (χ4v) is 6.69. The van der Waals surface area contributed by atoms with E-state index < -0.39 is 17.6 Å². The van der Waals surface area contributed by atoms with Crippen molar-refractivity contribution in [2.75, 3.05) is 42.7 Å². The summed E-state index contributed by atoms with van der Waals surface area (Å²) in [7, 11) is 3.89. The van der Waals surface area contributed by atoms with E-state index in [1.54, 1.807) is 42.7 Å². The van der Waals surface area contributed by atoms with Crippen molar-refractivity contribution in [1.29, 1.82) is 0 Å². The first kappa shape index (κ1) is 22.7. The standard InChI is InChI=1S/C20H28O6Si2/c1-16(17-8-12-19(13-9-17)27(21-2,22-3)23-4)18-10-14-20(15-11-18)28(24-5,25-6)26-7/h8-15H,1H2,2-7H3. The minimum Gasteiger partial charge on any atom is -0.373 e. The zero-order valence-corrected chi connectivity index (χ0v) is 19.3. The second kappa shape index (κ2) is 9.72. The summed E-state index contributed by atoms with van der Waals surface area (Å²) in [6.07, 6.45) is 0. The monoisotopic (exact) mass is 420 g/mol. The Morgan fingerprint density at radius 2 is 0.786 bits per heavy atom. The molecule has 0 aliphatic rings. The lowest BCUT2D eigenvalue weighted by Crippen LogP contribution is -2.54. The number of benzene rings is 2. The molecule has 0 saturated heterocycles. The molecule has 0 unspecified atom stereocenters. The molecule has 0 radical (unpaired) electrons. The maximum Gasteiger partial charge on any atom is 0.536 e. The van der Waals surface area contributed by atoms with Crippen molar-refractivity contribution in [3.63, 3.8) is 0 Å². The van der Waals surface area contributed by atoms with E-state index in [-0.39, 0.29) is 0 Å². The molecule has 152 valence electrons. The number of hydrogen-bond donors (Lipinski definition) is 0. The molecule has 0 N–H and O–H groups in total. The van der Waals surface area contributed by atoms with Crippen molar-refractivity contribution in [3.8, 4) is 0 Å². The predicted molar refractivity (Wildman–Crippen MR) is 114 cm³/mol. The first-order valence-corrected chi connectivity index (χ1v) is 12.1. The quantitative estimate of drug-likeness (QED) is 0.548. The summed E-state index contributed by atoms with van der Waals surface area (Å²) in [4.78, 5) is 0. The highest BCUT2D eigenvalue weighted by atomic mass is 28.4. The average molecular weight is 421 g/mol. The maximum atomic E-state index is 5.52. The highest BCUT2D eigenvalue weighted by Gasteiger charge is 2.41. The van der Waals surface area contributed by atoms with E-state index in [0.29, 0.717) is 0 Å². The normalized spacial score (nSPS) is 12.2. The maximum absolute atomic E-state index is 5.52. The molecule has 2 aromatic carbocycles. The van der Waals surface area contributed by atoms with Crippen LogP contribution >= 0.6 is 0 Å². The molecule has 0 aliphatic carbocycles. The highest BCUT2D eigenvalue weighted by molar-refractivity contribution is 6.75. The molecule has 0 bridgehead atoms. The Labute approximate surface area is 169 Å². The van der Waals surface area contributed by atoms with Gasteiger partial charge in [-0.15, -0.1) is 0 Å². The lowest BCUT2D eigenvalue weighted by Gasteiger charge is -2.25. The molecule has 6 nitrogen and oxygen atoms in total. The molecule has 2 rings (SSSR count). The average Bonchev–Trinajstić information content (AvgIpc) is 2.77. The molecule has 28 heavy (non-hydrogen) atoms. The Hall–Kier alpha value is -1.63. The SMILES string of the molecule is C=C(c1ccc([Si](OC)(OC)OC)cc1)c1ccc([Si](OC)(OC)OC)cc1. The van der Waals surface area contributed by atoms with Crippen LogP contribution in [0.4, 0.5) is 0 Å². The van der Waals surface area contributed by atoms with Gasteiger partial charge in [0, 0.05) is 53.0 Å². The van der Waals surface area contributed by atoms with E-state index in [2.05, 4.69) is 6.58 Å². The molecular formula is C20H28O6Si2. The van der Waals surface area contributed by atoms with Crippen LogP contribution in [0.1, 0.15) is 11.1 Å². The molecule has 0 atom stereocenters. The van der Waals surface area contributed by atoms with E-state index in [9.17, 15) is 0 Å². The van der Waals surface area contributed by atoms with Gasteiger partial charge in [0.05, 0.1) is 0 Å². The molecule has 0 heterocycles. The van der Waals surface area contributed by atoms with E-state index in [1.807, 2.05) is 48.5 Å². The molecule has 0 amide bonds. The van der Waals surface area contributed by atoms with Crippen LogP contribution in [0.15, 0.2) is 55.1 Å². The van der Waals surface area contributed by atoms with Crippen molar-refractivity contribution >= 4 is 33.6 Å². The molecule has 0 saturated carbocycles. The van der Waals surface area contributed by atoms with Crippen molar-refractivity contribution < 1.29 is 26.6 Å². The van der Waals surface area contributed by atoms with Gasteiger partial charge in [-0.1, -0.05) is 55.1 Å². The van der Waals surface area contributed by atoms with Crippen LogP contribution in [0.3, 0.4) is 0 Å². The molecule has 2 aromatic rings. The fraction of sp³-hybridized carbons (Fsp3) is 0.300. The van der Waals surface area contributed by atoms with Crippen LogP contribution in [0.5, 0.6) is 0 Å². The first-order chi connectivity index (χ1) is 13.5. The van der Waals surface area contributed by atoms with Gasteiger partial charge in [0.15, 0.2) is 0 Å². The number of hydrogen-bond acceptors (Lipinski definition) is 6. The summed E-state index contributed by atoms with van der Waals surface area (Å²) in [6, 6.07) is 15.8. The summed E-state index contributed by atoms with van der Waals surface area (Å²) in [6.45, 7) is 4.24. The van der Waals surface area contributed by atoms with Gasteiger partial charge in [0.2, 0.25) is 0 Å². The summed E-state index contributed by atoms with van der Waals surface area (Å²) in [5.74, 6) is 0. The van der Waals surface area contributed by atoms with E-state index in [1.165, 1.54) is 0 Å². The second-order valence-electron chi connectivity index (χ2n) is 5.97. The van der Waals surface area contributed by atoms with Crippen LogP contribution in [-0.2, 0) is 26.6 Å². The van der Waals surface area contributed by atoms with Crippen LogP contribution in [0.2, 0.25) is 0 Å². The molecule has 0 fully saturated rings. The first-order valence-electron chi connectivity index (χ1n) is 8.67. The Morgan fingerprint density at radius 1 is 0.536 bits per heavy atom. The van der Waals surface area contributed by atoms with E-state index >= 15 is 0 Å². The molecule has 0 aliphatic heterocycles. The van der Waals surface area contributed by atoms with Gasteiger partial charge >= 0.3 is 17.6 Å². The molecule has 8 heteroatoms. The topological polar surface area (TPSA) is 55.4 Å². The van der Waals surface area contributed by atoms with E-state index in [0.717, 1.165) is 27.1 Å². The van der Waals surface area contributed by atoms with Crippen LogP contribution in [-0.4, -0.2) is 60.3 Å². The summed E-state index contributed by atoms with van der Waals surface area (Å²) in [5.41, 5.74) is 2.89. The van der Waals surface area contributed by atoms with Gasteiger partial charge in [-0.3, -0.25) is 0 Å². The van der Waals surface area contributed by atoms with Crippen LogP contribution < -0.4 is 10.4 Å². The lowest BCUT2D eigenvalue weighted by molar-refractivity contribution is 0.140. The van der Waals surface area contributed by atoms with Crippen LogP contribution in [0, 0.1) is 0 Å². The summed E-state index contributed by atoms with van der Waals surface area (Å²) in [5, 5.41) is 1.78. The van der Waals surface area contributed by atoms with Crippen molar-refractivity contribution in [2.45, 2.75) is 0 Å². The van der Waals surface area contributed by atoms with Crippen molar-refractivity contribution in [1.82, 2.24) is 0 Å². The van der Waals surface area contributed by atoms with Crippen molar-refractivity contribution in [3.05, 3.63) is 66.2 Å². The third-order valence-electron chi connectivity index (χ3n) is 4.79. The summed E-state index contributed by atoms with van der Waals surface area (Å²) < 4.78 is 33.1. The lowest BCUT2D eigenvalue weighted by atomic mass is 10.00. The number of rotatable bonds is 10. The Bertz CT molecular complexity index is 686. The van der Waals surface area contributed by atoms with Crippen LogP contribution in [0.25, 0.3) is 5.57 Å². The predicted octanol–water partition coefficient (Wildman–Crippen LogP) is 1.92. The molecule has 0 aromatic heterocycles. The Morgan fingerprint density at radius 3 is 1.00 bits per heavy atom. The largest absolute Gasteiger partial charge is 0.536 e.